The van der Waals surface area contributed by atoms with E-state index in [0.29, 0.717) is 13.1 Å². The van der Waals surface area contributed by atoms with E-state index in [1.807, 2.05) is 17.0 Å². The summed E-state index contributed by atoms with van der Waals surface area (Å²) in [6.07, 6.45) is 1.74. The highest BCUT2D eigenvalue weighted by Crippen LogP contribution is 2.37. The number of carbonyl (C=O) groups excluding carboxylic acids is 1. The van der Waals surface area contributed by atoms with E-state index in [1.54, 1.807) is 21.1 Å². The highest BCUT2D eigenvalue weighted by Gasteiger charge is 2.41. The summed E-state index contributed by atoms with van der Waals surface area (Å²) in [7, 11) is 3.34. The molecule has 0 aromatic heterocycles. The lowest BCUT2D eigenvalue weighted by atomic mass is 9.90. The van der Waals surface area contributed by atoms with Crippen molar-refractivity contribution >= 4 is 5.91 Å². The summed E-state index contributed by atoms with van der Waals surface area (Å²) in [6.45, 7) is 7.55. The number of nitrogens with zero attached hydrogens (tertiary/aromatic N) is 2. The maximum absolute atomic E-state index is 12.3. The largest absolute Gasteiger partial charge is 0.493 e. The normalized spacial score (nSPS) is 18.1. The number of ether oxygens (including phenoxy) is 3. The van der Waals surface area contributed by atoms with Gasteiger partial charge in [-0.05, 0) is 19.1 Å². The van der Waals surface area contributed by atoms with Gasteiger partial charge in [0.1, 0.15) is 11.4 Å². The molecule has 1 spiro atoms. The third-order valence-electron chi connectivity index (χ3n) is 6.47. The van der Waals surface area contributed by atoms with Crippen LogP contribution in [0.5, 0.6) is 17.2 Å². The van der Waals surface area contributed by atoms with Gasteiger partial charge < -0.3 is 19.1 Å². The Kier molecular flexibility index (Phi) is 6.10. The van der Waals surface area contributed by atoms with Crippen LogP contribution in [0.25, 0.3) is 0 Å². The molecule has 6 nitrogen and oxygen atoms in total. The molecule has 2 heterocycles. The number of benzene rings is 2. The zero-order valence-electron chi connectivity index (χ0n) is 18.9. The predicted molar refractivity (Wildman–Crippen MR) is 120 cm³/mol. The van der Waals surface area contributed by atoms with Gasteiger partial charge in [0.2, 0.25) is 5.91 Å². The standard InChI is InChI=1S/C25H32N2O4/c1-18-8-9-22-21(14-18)16-27(19(2)28)17-25(31-22)10-12-26(13-11-25)15-20-6-5-7-23(29-3)24(20)30-4/h5-9,14H,10-13,15-17H2,1-4H3. The number of piperidine rings is 1. The van der Waals surface area contributed by atoms with Crippen LogP contribution in [0, 0.1) is 6.92 Å². The summed E-state index contributed by atoms with van der Waals surface area (Å²) in [4.78, 5) is 16.7. The van der Waals surface area contributed by atoms with Gasteiger partial charge >= 0.3 is 0 Å². The molecule has 31 heavy (non-hydrogen) atoms. The summed E-state index contributed by atoms with van der Waals surface area (Å²) in [5.74, 6) is 2.56. The van der Waals surface area contributed by atoms with Crippen LogP contribution in [0.2, 0.25) is 0 Å². The average molecular weight is 425 g/mol. The second-order valence-electron chi connectivity index (χ2n) is 8.70. The van der Waals surface area contributed by atoms with Crippen molar-refractivity contribution in [2.24, 2.45) is 0 Å². The molecule has 4 rings (SSSR count). The van der Waals surface area contributed by atoms with E-state index >= 15 is 0 Å². The number of carbonyl (C=O) groups is 1. The number of likely N-dealkylation sites (tertiary alicyclic amines) is 1. The number of hydrogen-bond donors (Lipinski definition) is 0. The van der Waals surface area contributed by atoms with Crippen molar-refractivity contribution in [1.82, 2.24) is 9.80 Å². The van der Waals surface area contributed by atoms with Gasteiger partial charge in [-0.15, -0.1) is 0 Å². The summed E-state index contributed by atoms with van der Waals surface area (Å²) < 4.78 is 17.7. The molecule has 0 bridgehead atoms. The Hall–Kier alpha value is -2.73. The van der Waals surface area contributed by atoms with E-state index in [0.717, 1.165) is 60.9 Å². The number of fused-ring (bicyclic) bond motifs is 1. The lowest BCUT2D eigenvalue weighted by Crippen LogP contribution is -2.53. The minimum absolute atomic E-state index is 0.0980. The second kappa shape index (κ2) is 8.79. The van der Waals surface area contributed by atoms with Crippen molar-refractivity contribution in [2.45, 2.75) is 45.4 Å². The highest BCUT2D eigenvalue weighted by atomic mass is 16.5. The smallest absolute Gasteiger partial charge is 0.219 e. The van der Waals surface area contributed by atoms with Crippen molar-refractivity contribution in [1.29, 1.82) is 0 Å². The molecule has 1 fully saturated rings. The Balaban J connectivity index is 1.51. The highest BCUT2D eigenvalue weighted by molar-refractivity contribution is 5.73. The number of amides is 1. The Morgan fingerprint density at radius 2 is 1.90 bits per heavy atom. The molecular formula is C25H32N2O4. The van der Waals surface area contributed by atoms with Crippen LogP contribution in [0.4, 0.5) is 0 Å². The first-order chi connectivity index (χ1) is 14.9. The first kappa shape index (κ1) is 21.5. The molecule has 2 aromatic rings. The first-order valence-corrected chi connectivity index (χ1v) is 10.9. The molecule has 0 atom stereocenters. The van der Waals surface area contributed by atoms with E-state index < -0.39 is 0 Å². The molecule has 6 heteroatoms. The van der Waals surface area contributed by atoms with Gasteiger partial charge in [-0.25, -0.2) is 0 Å². The van der Waals surface area contributed by atoms with Crippen LogP contribution in [0.3, 0.4) is 0 Å². The van der Waals surface area contributed by atoms with Gasteiger partial charge in [0.05, 0.1) is 20.8 Å². The molecule has 2 aromatic carbocycles. The number of hydrogen-bond acceptors (Lipinski definition) is 5. The molecule has 0 unspecified atom stereocenters. The minimum Gasteiger partial charge on any atom is -0.493 e. The van der Waals surface area contributed by atoms with Crippen molar-refractivity contribution in [2.75, 3.05) is 33.9 Å². The fraction of sp³-hybridized carbons (Fsp3) is 0.480. The van der Waals surface area contributed by atoms with Crippen molar-refractivity contribution in [3.63, 3.8) is 0 Å². The third kappa shape index (κ3) is 4.49. The molecule has 0 radical (unpaired) electrons. The summed E-state index contributed by atoms with van der Waals surface area (Å²) in [5.41, 5.74) is 3.05. The van der Waals surface area contributed by atoms with Gasteiger partial charge in [-0.2, -0.15) is 0 Å². The monoisotopic (exact) mass is 424 g/mol. The quantitative estimate of drug-likeness (QED) is 0.748. The average Bonchev–Trinajstić information content (AvgIpc) is 2.92. The number of para-hydroxylation sites is 1. The predicted octanol–water partition coefficient (Wildman–Crippen LogP) is 3.79. The van der Waals surface area contributed by atoms with E-state index in [2.05, 4.69) is 36.1 Å². The van der Waals surface area contributed by atoms with Crippen molar-refractivity contribution < 1.29 is 19.0 Å². The van der Waals surface area contributed by atoms with Crippen molar-refractivity contribution in [3.8, 4) is 17.2 Å². The number of methoxy groups -OCH3 is 2. The number of aryl methyl sites for hydroxylation is 1. The fourth-order valence-corrected chi connectivity index (χ4v) is 4.73. The van der Waals surface area contributed by atoms with Gasteiger partial charge in [-0.1, -0.05) is 29.8 Å². The van der Waals surface area contributed by atoms with Gasteiger partial charge in [0.15, 0.2) is 11.5 Å². The Labute approximate surface area is 184 Å². The zero-order chi connectivity index (χ0) is 22.0. The summed E-state index contributed by atoms with van der Waals surface area (Å²) >= 11 is 0. The maximum Gasteiger partial charge on any atom is 0.219 e. The van der Waals surface area contributed by atoms with Crippen LogP contribution < -0.4 is 14.2 Å². The Bertz CT molecular complexity index is 951. The maximum atomic E-state index is 12.3. The number of rotatable bonds is 4. The van der Waals surface area contributed by atoms with Crippen LogP contribution in [-0.2, 0) is 17.9 Å². The molecule has 2 aliphatic heterocycles. The van der Waals surface area contributed by atoms with Crippen LogP contribution >= 0.6 is 0 Å². The van der Waals surface area contributed by atoms with Gasteiger partial charge in [0.25, 0.3) is 0 Å². The Morgan fingerprint density at radius 1 is 1.13 bits per heavy atom. The second-order valence-corrected chi connectivity index (χ2v) is 8.70. The van der Waals surface area contributed by atoms with Crippen LogP contribution in [-0.4, -0.2) is 55.2 Å². The molecule has 0 saturated carbocycles. The first-order valence-electron chi connectivity index (χ1n) is 10.9. The van der Waals surface area contributed by atoms with Gasteiger partial charge in [0, 0.05) is 57.1 Å². The molecule has 1 amide bonds. The molecule has 1 saturated heterocycles. The summed E-state index contributed by atoms with van der Waals surface area (Å²) in [5, 5.41) is 0. The fourth-order valence-electron chi connectivity index (χ4n) is 4.73. The molecule has 166 valence electrons. The Morgan fingerprint density at radius 3 is 2.58 bits per heavy atom. The third-order valence-corrected chi connectivity index (χ3v) is 6.47. The van der Waals surface area contributed by atoms with Crippen molar-refractivity contribution in [3.05, 3.63) is 53.1 Å². The minimum atomic E-state index is -0.346. The van der Waals surface area contributed by atoms with E-state index in [1.165, 1.54) is 5.56 Å². The topological polar surface area (TPSA) is 51.2 Å². The summed E-state index contributed by atoms with van der Waals surface area (Å²) in [6, 6.07) is 12.3. The lowest BCUT2D eigenvalue weighted by Gasteiger charge is -2.42. The van der Waals surface area contributed by atoms with Crippen LogP contribution in [0.15, 0.2) is 36.4 Å². The lowest BCUT2D eigenvalue weighted by molar-refractivity contribution is -0.132. The van der Waals surface area contributed by atoms with E-state index in [4.69, 9.17) is 14.2 Å². The molecule has 0 aliphatic carbocycles. The van der Waals surface area contributed by atoms with E-state index in [-0.39, 0.29) is 11.5 Å². The molecule has 2 aliphatic rings. The molecular weight excluding hydrogens is 392 g/mol. The van der Waals surface area contributed by atoms with Crippen LogP contribution in [0.1, 0.15) is 36.5 Å². The molecule has 0 N–H and O–H groups in total. The zero-order valence-corrected chi connectivity index (χ0v) is 18.9. The SMILES string of the molecule is COc1cccc(CN2CCC3(CC2)CN(C(C)=O)Cc2cc(C)ccc2O3)c1OC. The van der Waals surface area contributed by atoms with E-state index in [9.17, 15) is 4.79 Å². The van der Waals surface area contributed by atoms with Gasteiger partial charge in [-0.3, -0.25) is 9.69 Å².